The number of nitrogen functional groups attached to an aromatic ring is 1. The number of nitrogens with two attached hydrogens (primary N) is 1. The summed E-state index contributed by atoms with van der Waals surface area (Å²) in [6.45, 7) is 2.68. The summed E-state index contributed by atoms with van der Waals surface area (Å²) < 4.78 is 1.59. The molecule has 0 saturated carbocycles. The Morgan fingerprint density at radius 2 is 2.14 bits per heavy atom. The van der Waals surface area contributed by atoms with Crippen LogP contribution in [0.2, 0.25) is 0 Å². The largest absolute Gasteiger partial charge is 0.369 e. The highest BCUT2D eigenvalue weighted by Gasteiger charge is 2.13. The van der Waals surface area contributed by atoms with Gasteiger partial charge in [-0.15, -0.1) is 0 Å². The summed E-state index contributed by atoms with van der Waals surface area (Å²) in [5, 5.41) is 17.5. The lowest BCUT2D eigenvalue weighted by Gasteiger charge is -2.03. The zero-order valence-corrected chi connectivity index (χ0v) is 7.99. The first-order valence-corrected chi connectivity index (χ1v) is 4.40. The molecule has 72 valence electrons. The number of aromatic nitrogens is 2. The van der Waals surface area contributed by atoms with E-state index in [9.17, 15) is 0 Å². The number of nitriles is 2. The molecule has 1 aromatic rings. The number of unbranched alkanes of at least 4 members (excludes halogenated alkanes) is 1. The third-order valence-corrected chi connectivity index (χ3v) is 1.94. The minimum atomic E-state index is 0.112. The molecule has 0 atom stereocenters. The Kier molecular flexibility index (Phi) is 3.09. The van der Waals surface area contributed by atoms with Crippen molar-refractivity contribution < 1.29 is 0 Å². The van der Waals surface area contributed by atoms with E-state index in [2.05, 4.69) is 4.98 Å². The van der Waals surface area contributed by atoms with Gasteiger partial charge in [0.2, 0.25) is 5.95 Å². The molecular weight excluding hydrogens is 178 g/mol. The smallest absolute Gasteiger partial charge is 0.202 e. The third-order valence-electron chi connectivity index (χ3n) is 1.94. The van der Waals surface area contributed by atoms with Gasteiger partial charge in [0.15, 0.2) is 11.4 Å². The highest BCUT2D eigenvalue weighted by atomic mass is 15.2. The zero-order chi connectivity index (χ0) is 10.6. The van der Waals surface area contributed by atoms with Crippen molar-refractivity contribution in [3.8, 4) is 12.1 Å². The first-order chi connectivity index (χ1) is 6.74. The Morgan fingerprint density at radius 1 is 1.43 bits per heavy atom. The van der Waals surface area contributed by atoms with Crippen molar-refractivity contribution in [3.63, 3.8) is 0 Å². The second-order valence-electron chi connectivity index (χ2n) is 2.90. The first-order valence-electron chi connectivity index (χ1n) is 4.40. The van der Waals surface area contributed by atoms with Crippen molar-refractivity contribution >= 4 is 5.95 Å². The molecule has 2 N–H and O–H groups in total. The SMILES string of the molecule is CCCCn1c(N)nc(C#N)c1C#N. The molecule has 0 radical (unpaired) electrons. The average Bonchev–Trinajstić information content (AvgIpc) is 2.51. The van der Waals surface area contributed by atoms with Crippen molar-refractivity contribution in [2.75, 3.05) is 5.73 Å². The average molecular weight is 189 g/mol. The maximum absolute atomic E-state index is 8.83. The molecule has 0 aliphatic carbocycles. The molecule has 0 fully saturated rings. The summed E-state index contributed by atoms with van der Waals surface area (Å²) in [5.74, 6) is 0.242. The van der Waals surface area contributed by atoms with Gasteiger partial charge in [0.25, 0.3) is 0 Å². The van der Waals surface area contributed by atoms with Gasteiger partial charge in [0.1, 0.15) is 12.1 Å². The van der Waals surface area contributed by atoms with Crippen LogP contribution in [-0.4, -0.2) is 9.55 Å². The quantitative estimate of drug-likeness (QED) is 0.768. The lowest BCUT2D eigenvalue weighted by atomic mass is 10.3. The van der Waals surface area contributed by atoms with Gasteiger partial charge in [-0.05, 0) is 6.42 Å². The van der Waals surface area contributed by atoms with E-state index in [-0.39, 0.29) is 17.3 Å². The van der Waals surface area contributed by atoms with Crippen LogP contribution < -0.4 is 5.73 Å². The number of nitrogens with zero attached hydrogens (tertiary/aromatic N) is 4. The molecule has 5 nitrogen and oxygen atoms in total. The molecule has 0 saturated heterocycles. The van der Waals surface area contributed by atoms with Crippen LogP contribution in [0, 0.1) is 22.7 Å². The first kappa shape index (κ1) is 10.1. The minimum Gasteiger partial charge on any atom is -0.369 e. The van der Waals surface area contributed by atoms with Gasteiger partial charge in [0, 0.05) is 6.54 Å². The van der Waals surface area contributed by atoms with Gasteiger partial charge in [-0.3, -0.25) is 0 Å². The Balaban J connectivity index is 3.09. The van der Waals surface area contributed by atoms with Crippen LogP contribution in [-0.2, 0) is 6.54 Å². The number of hydrogen-bond acceptors (Lipinski definition) is 4. The third kappa shape index (κ3) is 1.67. The molecule has 0 aliphatic heterocycles. The van der Waals surface area contributed by atoms with Crippen LogP contribution >= 0.6 is 0 Å². The fourth-order valence-corrected chi connectivity index (χ4v) is 1.20. The van der Waals surface area contributed by atoms with Gasteiger partial charge in [-0.1, -0.05) is 13.3 Å². The van der Waals surface area contributed by atoms with E-state index < -0.39 is 0 Å². The van der Waals surface area contributed by atoms with Gasteiger partial charge >= 0.3 is 0 Å². The predicted molar refractivity (Wildman–Crippen MR) is 51.0 cm³/mol. The Morgan fingerprint density at radius 3 is 2.64 bits per heavy atom. The van der Waals surface area contributed by atoms with Gasteiger partial charge in [-0.2, -0.15) is 10.5 Å². The van der Waals surface area contributed by atoms with Crippen LogP contribution in [0.15, 0.2) is 0 Å². The Bertz CT molecular complexity index is 404. The summed E-state index contributed by atoms with van der Waals surface area (Å²) in [7, 11) is 0. The van der Waals surface area contributed by atoms with E-state index in [1.165, 1.54) is 0 Å². The summed E-state index contributed by atoms with van der Waals surface area (Å²) >= 11 is 0. The van der Waals surface area contributed by atoms with Gasteiger partial charge < -0.3 is 10.3 Å². The van der Waals surface area contributed by atoms with Crippen molar-refractivity contribution in [2.45, 2.75) is 26.3 Å². The normalized spacial score (nSPS) is 9.36. The predicted octanol–water partition coefficient (Wildman–Crippen LogP) is 1.01. The molecule has 0 aliphatic rings. The van der Waals surface area contributed by atoms with Crippen LogP contribution in [0.1, 0.15) is 31.2 Å². The molecule has 0 aromatic carbocycles. The molecule has 0 spiro atoms. The fourth-order valence-electron chi connectivity index (χ4n) is 1.20. The zero-order valence-electron chi connectivity index (χ0n) is 7.99. The highest BCUT2D eigenvalue weighted by molar-refractivity contribution is 5.43. The number of hydrogen-bond donors (Lipinski definition) is 1. The van der Waals surface area contributed by atoms with Crippen LogP contribution in [0.25, 0.3) is 0 Å². The lowest BCUT2D eigenvalue weighted by Crippen LogP contribution is -2.05. The second-order valence-corrected chi connectivity index (χ2v) is 2.90. The summed E-state index contributed by atoms with van der Waals surface area (Å²) in [6, 6.07) is 3.79. The molecule has 14 heavy (non-hydrogen) atoms. The lowest BCUT2D eigenvalue weighted by molar-refractivity contribution is 0.633. The van der Waals surface area contributed by atoms with E-state index in [1.807, 2.05) is 19.1 Å². The molecular formula is C9H11N5. The summed E-state index contributed by atoms with van der Waals surface area (Å²) in [4.78, 5) is 3.81. The van der Waals surface area contributed by atoms with Crippen molar-refractivity contribution in [3.05, 3.63) is 11.4 Å². The fraction of sp³-hybridized carbons (Fsp3) is 0.444. The number of anilines is 1. The van der Waals surface area contributed by atoms with Gasteiger partial charge in [0.05, 0.1) is 0 Å². The topological polar surface area (TPSA) is 91.4 Å². The standard InChI is InChI=1S/C9H11N5/c1-2-3-4-14-8(6-11)7(5-10)13-9(14)12/h2-4H2,1H3,(H2,12,13). The van der Waals surface area contributed by atoms with Crippen molar-refractivity contribution in [1.29, 1.82) is 10.5 Å². The monoisotopic (exact) mass is 189 g/mol. The van der Waals surface area contributed by atoms with Crippen molar-refractivity contribution in [2.24, 2.45) is 0 Å². The number of imidazole rings is 1. The van der Waals surface area contributed by atoms with E-state index in [0.29, 0.717) is 6.54 Å². The van der Waals surface area contributed by atoms with Crippen LogP contribution in [0.4, 0.5) is 5.95 Å². The molecule has 0 bridgehead atoms. The maximum atomic E-state index is 8.83. The van der Waals surface area contributed by atoms with Gasteiger partial charge in [-0.25, -0.2) is 4.98 Å². The molecule has 0 unspecified atom stereocenters. The molecule has 1 heterocycles. The van der Waals surface area contributed by atoms with Crippen molar-refractivity contribution in [1.82, 2.24) is 9.55 Å². The highest BCUT2D eigenvalue weighted by Crippen LogP contribution is 2.13. The Hall–Kier alpha value is -2.01. The minimum absolute atomic E-state index is 0.112. The molecule has 1 aromatic heterocycles. The van der Waals surface area contributed by atoms with E-state index in [4.69, 9.17) is 16.3 Å². The van der Waals surface area contributed by atoms with E-state index >= 15 is 0 Å². The summed E-state index contributed by atoms with van der Waals surface area (Å²) in [5.41, 5.74) is 5.96. The Labute approximate surface area is 82.4 Å². The molecule has 1 rings (SSSR count). The van der Waals surface area contributed by atoms with Crippen LogP contribution in [0.3, 0.4) is 0 Å². The summed E-state index contributed by atoms with van der Waals surface area (Å²) in [6.07, 6.45) is 1.92. The molecule has 0 amide bonds. The molecule has 5 heteroatoms. The van der Waals surface area contributed by atoms with Crippen LogP contribution in [0.5, 0.6) is 0 Å². The maximum Gasteiger partial charge on any atom is 0.202 e. The number of rotatable bonds is 3. The van der Waals surface area contributed by atoms with E-state index in [1.54, 1.807) is 4.57 Å². The second kappa shape index (κ2) is 4.29. The van der Waals surface area contributed by atoms with E-state index in [0.717, 1.165) is 12.8 Å².